The number of rotatable bonds is 5. The third-order valence-electron chi connectivity index (χ3n) is 3.80. The maximum Gasteiger partial charge on any atom is 0.223 e. The SMILES string of the molecule is O=C(NCCOc1ccccc1)C1CCc2[nH]ncc2C1. The Morgan fingerprint density at radius 3 is 3.10 bits per heavy atom. The molecule has 2 N–H and O–H groups in total. The third-order valence-corrected chi connectivity index (χ3v) is 3.80. The van der Waals surface area contributed by atoms with Crippen LogP contribution in [0.5, 0.6) is 5.75 Å². The molecule has 1 unspecified atom stereocenters. The van der Waals surface area contributed by atoms with E-state index in [0.717, 1.165) is 25.0 Å². The number of fused-ring (bicyclic) bond motifs is 1. The lowest BCUT2D eigenvalue weighted by Crippen LogP contribution is -2.36. The molecule has 1 heterocycles. The summed E-state index contributed by atoms with van der Waals surface area (Å²) < 4.78 is 5.56. The summed E-state index contributed by atoms with van der Waals surface area (Å²) in [5, 5.41) is 9.97. The average Bonchev–Trinajstić information content (AvgIpc) is 3.00. The molecule has 0 radical (unpaired) electrons. The smallest absolute Gasteiger partial charge is 0.223 e. The predicted molar refractivity (Wildman–Crippen MR) is 79.0 cm³/mol. The molecule has 0 spiro atoms. The molecule has 1 amide bonds. The van der Waals surface area contributed by atoms with Gasteiger partial charge in [0, 0.05) is 11.6 Å². The van der Waals surface area contributed by atoms with Crippen LogP contribution in [0.3, 0.4) is 0 Å². The normalized spacial score (nSPS) is 17.0. The molecule has 110 valence electrons. The van der Waals surface area contributed by atoms with Crippen LogP contribution in [0.4, 0.5) is 0 Å². The number of hydrogen-bond donors (Lipinski definition) is 2. The molecule has 1 aliphatic rings. The first-order valence-electron chi connectivity index (χ1n) is 7.29. The molecule has 0 saturated carbocycles. The summed E-state index contributed by atoms with van der Waals surface area (Å²) in [7, 11) is 0. The van der Waals surface area contributed by atoms with E-state index >= 15 is 0 Å². The number of nitrogens with zero attached hydrogens (tertiary/aromatic N) is 1. The number of aromatic nitrogens is 2. The van der Waals surface area contributed by atoms with Crippen molar-refractivity contribution in [3.05, 3.63) is 47.8 Å². The van der Waals surface area contributed by atoms with Crippen molar-refractivity contribution in [2.24, 2.45) is 5.92 Å². The van der Waals surface area contributed by atoms with Crippen LogP contribution in [0.1, 0.15) is 17.7 Å². The van der Waals surface area contributed by atoms with E-state index in [2.05, 4.69) is 15.5 Å². The zero-order valence-corrected chi connectivity index (χ0v) is 11.8. The number of carbonyl (C=O) groups is 1. The van der Waals surface area contributed by atoms with Crippen molar-refractivity contribution in [3.63, 3.8) is 0 Å². The Balaban J connectivity index is 1.41. The first-order valence-corrected chi connectivity index (χ1v) is 7.29. The van der Waals surface area contributed by atoms with Crippen molar-refractivity contribution in [1.29, 1.82) is 0 Å². The zero-order valence-electron chi connectivity index (χ0n) is 11.8. The van der Waals surface area contributed by atoms with Crippen LogP contribution in [-0.2, 0) is 17.6 Å². The maximum atomic E-state index is 12.1. The van der Waals surface area contributed by atoms with Gasteiger partial charge in [0.15, 0.2) is 0 Å². The Labute approximate surface area is 123 Å². The Morgan fingerprint density at radius 2 is 2.24 bits per heavy atom. The molecule has 21 heavy (non-hydrogen) atoms. The van der Waals surface area contributed by atoms with Crippen molar-refractivity contribution >= 4 is 5.91 Å². The highest BCUT2D eigenvalue weighted by molar-refractivity contribution is 5.79. The maximum absolute atomic E-state index is 12.1. The number of carbonyl (C=O) groups excluding carboxylic acids is 1. The summed E-state index contributed by atoms with van der Waals surface area (Å²) >= 11 is 0. The molecule has 0 fully saturated rings. The number of nitrogens with one attached hydrogen (secondary N) is 2. The van der Waals surface area contributed by atoms with E-state index in [1.54, 1.807) is 0 Å². The molecule has 0 saturated heterocycles. The number of aryl methyl sites for hydroxylation is 1. The van der Waals surface area contributed by atoms with E-state index in [4.69, 9.17) is 4.74 Å². The van der Waals surface area contributed by atoms with Crippen LogP contribution < -0.4 is 10.1 Å². The minimum Gasteiger partial charge on any atom is -0.492 e. The summed E-state index contributed by atoms with van der Waals surface area (Å²) in [4.78, 5) is 12.1. The number of amides is 1. The highest BCUT2D eigenvalue weighted by atomic mass is 16.5. The van der Waals surface area contributed by atoms with E-state index in [1.165, 1.54) is 11.3 Å². The molecule has 5 heteroatoms. The average molecular weight is 285 g/mol. The van der Waals surface area contributed by atoms with E-state index < -0.39 is 0 Å². The summed E-state index contributed by atoms with van der Waals surface area (Å²) in [5.74, 6) is 0.984. The van der Waals surface area contributed by atoms with Crippen LogP contribution in [0.25, 0.3) is 0 Å². The topological polar surface area (TPSA) is 67.0 Å². The van der Waals surface area contributed by atoms with Crippen molar-refractivity contribution in [2.45, 2.75) is 19.3 Å². The molecule has 1 aromatic carbocycles. The number of H-pyrrole nitrogens is 1. The van der Waals surface area contributed by atoms with Crippen molar-refractivity contribution in [1.82, 2.24) is 15.5 Å². The van der Waals surface area contributed by atoms with Gasteiger partial charge in [-0.1, -0.05) is 18.2 Å². The number of hydrogen-bond acceptors (Lipinski definition) is 3. The largest absolute Gasteiger partial charge is 0.492 e. The van der Waals surface area contributed by atoms with Gasteiger partial charge in [-0.25, -0.2) is 0 Å². The molecule has 1 aliphatic carbocycles. The van der Waals surface area contributed by atoms with Crippen LogP contribution in [-0.4, -0.2) is 29.3 Å². The fourth-order valence-corrected chi connectivity index (χ4v) is 2.64. The Kier molecular flexibility index (Phi) is 4.19. The van der Waals surface area contributed by atoms with Gasteiger partial charge in [0.1, 0.15) is 12.4 Å². The van der Waals surface area contributed by atoms with Gasteiger partial charge in [-0.15, -0.1) is 0 Å². The van der Waals surface area contributed by atoms with E-state index in [0.29, 0.717) is 13.2 Å². The van der Waals surface area contributed by atoms with E-state index in [9.17, 15) is 4.79 Å². The molecule has 5 nitrogen and oxygen atoms in total. The highest BCUT2D eigenvalue weighted by Crippen LogP contribution is 2.23. The van der Waals surface area contributed by atoms with Gasteiger partial charge in [0.05, 0.1) is 12.7 Å². The quantitative estimate of drug-likeness (QED) is 0.822. The minimum atomic E-state index is 0.0480. The van der Waals surface area contributed by atoms with Crippen LogP contribution in [0, 0.1) is 5.92 Å². The lowest BCUT2D eigenvalue weighted by atomic mass is 9.87. The van der Waals surface area contributed by atoms with E-state index in [1.807, 2.05) is 36.5 Å². The monoisotopic (exact) mass is 285 g/mol. The Morgan fingerprint density at radius 1 is 1.38 bits per heavy atom. The van der Waals surface area contributed by atoms with Crippen molar-refractivity contribution < 1.29 is 9.53 Å². The van der Waals surface area contributed by atoms with Crippen molar-refractivity contribution in [3.8, 4) is 5.75 Å². The van der Waals surface area contributed by atoms with Gasteiger partial charge in [-0.2, -0.15) is 5.10 Å². The summed E-state index contributed by atoms with van der Waals surface area (Å²) in [6.07, 6.45) is 4.37. The van der Waals surface area contributed by atoms with Crippen LogP contribution >= 0.6 is 0 Å². The highest BCUT2D eigenvalue weighted by Gasteiger charge is 2.25. The lowest BCUT2D eigenvalue weighted by Gasteiger charge is -2.20. The number of para-hydroxylation sites is 1. The third kappa shape index (κ3) is 3.42. The van der Waals surface area contributed by atoms with Gasteiger partial charge in [-0.3, -0.25) is 9.89 Å². The molecule has 2 aromatic rings. The second-order valence-corrected chi connectivity index (χ2v) is 5.27. The number of ether oxygens (including phenoxy) is 1. The summed E-state index contributed by atoms with van der Waals surface area (Å²) in [6, 6.07) is 9.62. The minimum absolute atomic E-state index is 0.0480. The van der Waals surface area contributed by atoms with Gasteiger partial charge < -0.3 is 10.1 Å². The molecule has 1 atom stereocenters. The van der Waals surface area contributed by atoms with Crippen molar-refractivity contribution in [2.75, 3.05) is 13.2 Å². The van der Waals surface area contributed by atoms with E-state index in [-0.39, 0.29) is 11.8 Å². The van der Waals surface area contributed by atoms with Crippen LogP contribution in [0.2, 0.25) is 0 Å². The summed E-state index contributed by atoms with van der Waals surface area (Å²) in [6.45, 7) is 1.02. The van der Waals surface area contributed by atoms with Gasteiger partial charge in [0.2, 0.25) is 5.91 Å². The fraction of sp³-hybridized carbons (Fsp3) is 0.375. The fourth-order valence-electron chi connectivity index (χ4n) is 2.64. The first-order chi connectivity index (χ1) is 10.3. The first kappa shape index (κ1) is 13.7. The Bertz CT molecular complexity index is 595. The molecular weight excluding hydrogens is 266 g/mol. The molecule has 3 rings (SSSR count). The summed E-state index contributed by atoms with van der Waals surface area (Å²) in [5.41, 5.74) is 2.34. The van der Waals surface area contributed by atoms with Gasteiger partial charge in [-0.05, 0) is 37.0 Å². The second kappa shape index (κ2) is 6.43. The standard InChI is InChI=1S/C16H19N3O2/c20-16(12-6-7-15-13(10-12)11-18-19-15)17-8-9-21-14-4-2-1-3-5-14/h1-5,11-12H,6-10H2,(H,17,20)(H,18,19). The number of benzene rings is 1. The second-order valence-electron chi connectivity index (χ2n) is 5.27. The zero-order chi connectivity index (χ0) is 14.5. The molecular formula is C16H19N3O2. The predicted octanol–water partition coefficient (Wildman–Crippen LogP) is 1.71. The Hall–Kier alpha value is -2.30. The molecule has 1 aromatic heterocycles. The van der Waals surface area contributed by atoms with Gasteiger partial charge in [0.25, 0.3) is 0 Å². The van der Waals surface area contributed by atoms with Gasteiger partial charge >= 0.3 is 0 Å². The molecule has 0 aliphatic heterocycles. The van der Waals surface area contributed by atoms with Crippen LogP contribution in [0.15, 0.2) is 36.5 Å². The lowest BCUT2D eigenvalue weighted by molar-refractivity contribution is -0.125. The molecule has 0 bridgehead atoms. The number of aromatic amines is 1.